The molecule has 11 heteroatoms. The van der Waals surface area contributed by atoms with E-state index in [0.717, 1.165) is 23.1 Å². The van der Waals surface area contributed by atoms with Crippen LogP contribution in [0.1, 0.15) is 12.5 Å². The molecule has 0 N–H and O–H groups in total. The SMILES string of the molecule is COc1cc(C=Nn2c(-c3cc4ccccc4o3)nc3ccccc3c2=O)cc([N+](=O)[O-])c1OC(C)=O. The van der Waals surface area contributed by atoms with Crippen LogP contribution in [0.5, 0.6) is 11.5 Å². The third-order valence-corrected chi connectivity index (χ3v) is 5.44. The number of hydrogen-bond acceptors (Lipinski definition) is 9. The Morgan fingerprint density at radius 1 is 1.14 bits per heavy atom. The van der Waals surface area contributed by atoms with Crippen LogP contribution in [-0.4, -0.2) is 33.9 Å². The lowest BCUT2D eigenvalue weighted by Gasteiger charge is -2.10. The van der Waals surface area contributed by atoms with Gasteiger partial charge in [0, 0.05) is 23.9 Å². The van der Waals surface area contributed by atoms with Gasteiger partial charge in [0.25, 0.3) is 5.56 Å². The lowest BCUT2D eigenvalue weighted by Crippen LogP contribution is -2.20. The first-order valence-corrected chi connectivity index (χ1v) is 11.0. The van der Waals surface area contributed by atoms with E-state index in [2.05, 4.69) is 10.1 Å². The summed E-state index contributed by atoms with van der Waals surface area (Å²) in [6.45, 7) is 1.12. The number of furan rings is 1. The van der Waals surface area contributed by atoms with Crippen LogP contribution in [0.15, 0.2) is 81.0 Å². The fourth-order valence-electron chi connectivity index (χ4n) is 3.82. The lowest BCUT2D eigenvalue weighted by atomic mass is 10.2. The molecule has 5 rings (SSSR count). The van der Waals surface area contributed by atoms with Gasteiger partial charge in [-0.2, -0.15) is 9.78 Å². The largest absolute Gasteiger partial charge is 0.493 e. The first-order chi connectivity index (χ1) is 17.9. The topological polar surface area (TPSA) is 139 Å². The van der Waals surface area contributed by atoms with E-state index in [1.807, 2.05) is 18.2 Å². The van der Waals surface area contributed by atoms with Crippen molar-refractivity contribution in [1.82, 2.24) is 9.66 Å². The van der Waals surface area contributed by atoms with Crippen LogP contribution in [-0.2, 0) is 4.79 Å². The van der Waals surface area contributed by atoms with E-state index in [0.29, 0.717) is 22.2 Å². The minimum atomic E-state index is -0.743. The Hall–Kier alpha value is -5.32. The predicted molar refractivity (Wildman–Crippen MR) is 135 cm³/mol. The third-order valence-electron chi connectivity index (χ3n) is 5.44. The second-order valence-corrected chi connectivity index (χ2v) is 7.88. The van der Waals surface area contributed by atoms with E-state index in [1.165, 1.54) is 19.4 Å². The standard InChI is InChI=1S/C26H18N4O7/c1-15(31)36-24-20(30(33)34)11-16(12-22(24)35-2)14-27-29-25(23-13-17-7-3-6-10-21(17)37-23)28-19-9-5-4-8-18(19)26(29)32/h3-14H,1-2H3. The Labute approximate surface area is 208 Å². The van der Waals surface area contributed by atoms with Gasteiger partial charge in [0.1, 0.15) is 5.58 Å². The number of nitro groups is 1. The fraction of sp³-hybridized carbons (Fsp3) is 0.0769. The number of hydrogen-bond donors (Lipinski definition) is 0. The van der Waals surface area contributed by atoms with Crippen molar-refractivity contribution in [1.29, 1.82) is 0 Å². The third kappa shape index (κ3) is 4.41. The predicted octanol–water partition coefficient (Wildman–Crippen LogP) is 4.53. The number of carbonyl (C=O) groups excluding carboxylic acids is 1. The monoisotopic (exact) mass is 498 g/mol. The van der Waals surface area contributed by atoms with E-state index in [9.17, 15) is 19.7 Å². The zero-order valence-electron chi connectivity index (χ0n) is 19.6. The first kappa shape index (κ1) is 23.4. The summed E-state index contributed by atoms with van der Waals surface area (Å²) in [5.41, 5.74) is 0.317. The highest BCUT2D eigenvalue weighted by Gasteiger charge is 2.24. The highest BCUT2D eigenvalue weighted by molar-refractivity contribution is 5.86. The van der Waals surface area contributed by atoms with Crippen molar-refractivity contribution in [3.8, 4) is 23.1 Å². The summed E-state index contributed by atoms with van der Waals surface area (Å²) in [4.78, 5) is 40.4. The zero-order chi connectivity index (χ0) is 26.1. The molecule has 37 heavy (non-hydrogen) atoms. The molecule has 0 aliphatic rings. The van der Waals surface area contributed by atoms with Crippen LogP contribution in [0.4, 0.5) is 5.69 Å². The minimum Gasteiger partial charge on any atom is -0.493 e. The molecule has 0 aliphatic carbocycles. The fourth-order valence-corrected chi connectivity index (χ4v) is 3.82. The van der Waals surface area contributed by atoms with Gasteiger partial charge in [-0.3, -0.25) is 19.7 Å². The van der Waals surface area contributed by atoms with Gasteiger partial charge < -0.3 is 13.9 Å². The van der Waals surface area contributed by atoms with Gasteiger partial charge in [-0.15, -0.1) is 0 Å². The zero-order valence-corrected chi connectivity index (χ0v) is 19.6. The normalized spacial score (nSPS) is 11.3. The van der Waals surface area contributed by atoms with Gasteiger partial charge in [-0.05, 0) is 30.3 Å². The quantitative estimate of drug-likeness (QED) is 0.109. The summed E-state index contributed by atoms with van der Waals surface area (Å²) in [6.07, 6.45) is 1.25. The van der Waals surface area contributed by atoms with Crippen LogP contribution in [0, 0.1) is 10.1 Å². The molecule has 0 saturated heterocycles. The number of aromatic nitrogens is 2. The summed E-state index contributed by atoms with van der Waals surface area (Å²) in [5, 5.41) is 17.1. The highest BCUT2D eigenvalue weighted by Crippen LogP contribution is 2.38. The maximum absolute atomic E-state index is 13.4. The van der Waals surface area contributed by atoms with Gasteiger partial charge >= 0.3 is 11.7 Å². The molecule has 0 unspecified atom stereocenters. The van der Waals surface area contributed by atoms with Gasteiger partial charge in [0.05, 0.1) is 29.2 Å². The smallest absolute Gasteiger partial charge is 0.316 e. The highest BCUT2D eigenvalue weighted by atomic mass is 16.6. The summed E-state index contributed by atoms with van der Waals surface area (Å²) in [6, 6.07) is 18.5. The summed E-state index contributed by atoms with van der Waals surface area (Å²) in [5.74, 6) is -0.659. The van der Waals surface area contributed by atoms with Crippen molar-refractivity contribution in [3.63, 3.8) is 0 Å². The Morgan fingerprint density at radius 2 is 1.89 bits per heavy atom. The molecule has 0 bridgehead atoms. The number of rotatable bonds is 6. The maximum atomic E-state index is 13.4. The summed E-state index contributed by atoms with van der Waals surface area (Å²) in [7, 11) is 1.28. The molecule has 184 valence electrons. The second-order valence-electron chi connectivity index (χ2n) is 7.88. The summed E-state index contributed by atoms with van der Waals surface area (Å²) >= 11 is 0. The molecule has 0 spiro atoms. The Kier molecular flexibility index (Phi) is 5.94. The minimum absolute atomic E-state index is 0.0488. The number of carbonyl (C=O) groups is 1. The van der Waals surface area contributed by atoms with Gasteiger partial charge in [-0.1, -0.05) is 30.3 Å². The van der Waals surface area contributed by atoms with Gasteiger partial charge in [0.2, 0.25) is 11.6 Å². The Bertz CT molecular complexity index is 1750. The van der Waals surface area contributed by atoms with Crippen molar-refractivity contribution >= 4 is 39.7 Å². The number of para-hydroxylation sites is 2. The van der Waals surface area contributed by atoms with Crippen molar-refractivity contribution in [2.75, 3.05) is 7.11 Å². The average molecular weight is 498 g/mol. The number of nitro benzene ring substituents is 1. The van der Waals surface area contributed by atoms with Crippen molar-refractivity contribution in [3.05, 3.63) is 92.8 Å². The maximum Gasteiger partial charge on any atom is 0.316 e. The molecule has 3 aromatic carbocycles. The average Bonchev–Trinajstić information content (AvgIpc) is 3.32. The van der Waals surface area contributed by atoms with E-state index >= 15 is 0 Å². The van der Waals surface area contributed by atoms with Crippen LogP contribution >= 0.6 is 0 Å². The molecule has 2 heterocycles. The molecule has 0 atom stereocenters. The van der Waals surface area contributed by atoms with Crippen molar-refractivity contribution in [2.24, 2.45) is 5.10 Å². The number of methoxy groups -OCH3 is 1. The summed E-state index contributed by atoms with van der Waals surface area (Å²) < 4.78 is 17.2. The van der Waals surface area contributed by atoms with E-state index in [1.54, 1.807) is 36.4 Å². The first-order valence-electron chi connectivity index (χ1n) is 11.0. The Balaban J connectivity index is 1.69. The molecule has 0 radical (unpaired) electrons. The number of benzene rings is 3. The van der Waals surface area contributed by atoms with E-state index < -0.39 is 22.1 Å². The molecular formula is C26H18N4O7. The molecule has 5 aromatic rings. The number of ether oxygens (including phenoxy) is 2. The molecular weight excluding hydrogens is 480 g/mol. The number of esters is 1. The second kappa shape index (κ2) is 9.38. The molecule has 0 aliphatic heterocycles. The Morgan fingerprint density at radius 3 is 2.62 bits per heavy atom. The van der Waals surface area contributed by atoms with Gasteiger partial charge in [-0.25, -0.2) is 4.98 Å². The van der Waals surface area contributed by atoms with Crippen molar-refractivity contribution in [2.45, 2.75) is 6.92 Å². The van der Waals surface area contributed by atoms with Crippen LogP contribution in [0.25, 0.3) is 33.5 Å². The molecule has 0 amide bonds. The molecule has 11 nitrogen and oxygen atoms in total. The molecule has 2 aromatic heterocycles. The number of fused-ring (bicyclic) bond motifs is 2. The van der Waals surface area contributed by atoms with Crippen LogP contribution in [0.3, 0.4) is 0 Å². The van der Waals surface area contributed by atoms with Crippen molar-refractivity contribution < 1.29 is 23.6 Å². The molecule has 0 saturated carbocycles. The lowest BCUT2D eigenvalue weighted by molar-refractivity contribution is -0.385. The van der Waals surface area contributed by atoms with Crippen LogP contribution in [0.2, 0.25) is 0 Å². The molecule has 0 fully saturated rings. The van der Waals surface area contributed by atoms with Crippen LogP contribution < -0.4 is 15.0 Å². The van der Waals surface area contributed by atoms with Gasteiger partial charge in [0.15, 0.2) is 11.5 Å². The van der Waals surface area contributed by atoms with E-state index in [-0.39, 0.29) is 22.9 Å². The van der Waals surface area contributed by atoms with E-state index in [4.69, 9.17) is 13.9 Å². The number of nitrogens with zero attached hydrogens (tertiary/aromatic N) is 4.